The highest BCUT2D eigenvalue weighted by molar-refractivity contribution is 6.35. The molecule has 0 N–H and O–H groups in total. The summed E-state index contributed by atoms with van der Waals surface area (Å²) in [7, 11) is 0. The van der Waals surface area contributed by atoms with Crippen LogP contribution in [0.2, 0.25) is 10.0 Å². The number of carbonyl (C=O) groups excluding carboxylic acids is 1. The number of aromatic nitrogens is 1. The van der Waals surface area contributed by atoms with Gasteiger partial charge in [0.05, 0.1) is 11.6 Å². The minimum absolute atomic E-state index is 0.140. The van der Waals surface area contributed by atoms with Gasteiger partial charge in [-0.05, 0) is 48.9 Å². The van der Waals surface area contributed by atoms with Gasteiger partial charge in [0.25, 0.3) is 5.91 Å². The predicted molar refractivity (Wildman–Crippen MR) is 103 cm³/mol. The average molecular weight is 421 g/mol. The van der Waals surface area contributed by atoms with Crippen LogP contribution in [0, 0.1) is 5.82 Å². The van der Waals surface area contributed by atoms with Crippen molar-refractivity contribution in [3.63, 3.8) is 0 Å². The summed E-state index contributed by atoms with van der Waals surface area (Å²) in [5.74, 6) is 0.529. The molecule has 8 heteroatoms. The second-order valence-corrected chi connectivity index (χ2v) is 7.22. The molecule has 144 valence electrons. The molecule has 0 saturated carbocycles. The number of fused-ring (bicyclic) bond motifs is 1. The summed E-state index contributed by atoms with van der Waals surface area (Å²) >= 11 is 11.9. The number of ether oxygens (including phenoxy) is 1. The molecule has 0 spiro atoms. The van der Waals surface area contributed by atoms with Gasteiger partial charge in [-0.25, -0.2) is 4.39 Å². The summed E-state index contributed by atoms with van der Waals surface area (Å²) < 4.78 is 24.1. The van der Waals surface area contributed by atoms with Crippen molar-refractivity contribution in [3.8, 4) is 17.1 Å². The number of rotatable bonds is 4. The van der Waals surface area contributed by atoms with Gasteiger partial charge in [0, 0.05) is 22.7 Å². The van der Waals surface area contributed by atoms with Gasteiger partial charge < -0.3 is 14.2 Å². The lowest BCUT2D eigenvalue weighted by molar-refractivity contribution is -0.134. The lowest BCUT2D eigenvalue weighted by atomic mass is 10.0. The van der Waals surface area contributed by atoms with Crippen molar-refractivity contribution in [3.05, 3.63) is 69.6 Å². The van der Waals surface area contributed by atoms with Crippen LogP contribution in [0.25, 0.3) is 11.3 Å². The number of halogens is 3. The van der Waals surface area contributed by atoms with Gasteiger partial charge in [-0.2, -0.15) is 0 Å². The van der Waals surface area contributed by atoms with Crippen molar-refractivity contribution in [2.45, 2.75) is 13.0 Å². The number of benzene rings is 2. The fourth-order valence-corrected chi connectivity index (χ4v) is 3.56. The third kappa shape index (κ3) is 3.84. The number of hydrogen-bond donors (Lipinski definition) is 0. The average Bonchev–Trinajstić information content (AvgIpc) is 3.11. The number of hydrogen-bond acceptors (Lipinski definition) is 4. The van der Waals surface area contributed by atoms with Crippen molar-refractivity contribution >= 4 is 29.1 Å². The zero-order valence-corrected chi connectivity index (χ0v) is 16.1. The van der Waals surface area contributed by atoms with E-state index in [0.717, 1.165) is 11.1 Å². The normalized spacial score (nSPS) is 13.3. The molecule has 0 bridgehead atoms. The Hall–Kier alpha value is -2.57. The van der Waals surface area contributed by atoms with Crippen molar-refractivity contribution in [1.82, 2.24) is 10.1 Å². The van der Waals surface area contributed by atoms with Crippen LogP contribution in [0.5, 0.6) is 5.75 Å². The van der Waals surface area contributed by atoms with E-state index >= 15 is 0 Å². The van der Waals surface area contributed by atoms with E-state index in [1.807, 2.05) is 0 Å². The summed E-state index contributed by atoms with van der Waals surface area (Å²) in [6, 6.07) is 10.9. The lowest BCUT2D eigenvalue weighted by Crippen LogP contribution is -2.38. The Balaban J connectivity index is 1.42. The van der Waals surface area contributed by atoms with E-state index in [-0.39, 0.29) is 18.3 Å². The number of carbonyl (C=O) groups is 1. The lowest BCUT2D eigenvalue weighted by Gasteiger charge is -2.26. The van der Waals surface area contributed by atoms with Crippen molar-refractivity contribution in [2.75, 3.05) is 13.2 Å². The predicted octanol–water partition coefficient (Wildman–Crippen LogP) is 4.75. The highest BCUT2D eigenvalue weighted by Crippen LogP contribution is 2.31. The molecule has 28 heavy (non-hydrogen) atoms. The van der Waals surface area contributed by atoms with Crippen LogP contribution < -0.4 is 4.74 Å². The minimum atomic E-state index is -0.310. The molecule has 2 heterocycles. The summed E-state index contributed by atoms with van der Waals surface area (Å²) in [5.41, 5.74) is 2.40. The fraction of sp³-hybridized carbons (Fsp3) is 0.200. The SMILES string of the molecule is O=C(COc1ccc(Cl)cc1Cl)N1CCc2c(noc2-c2ccc(F)cc2)C1. The first-order valence-corrected chi connectivity index (χ1v) is 9.36. The van der Waals surface area contributed by atoms with Gasteiger partial charge >= 0.3 is 0 Å². The molecule has 0 saturated heterocycles. The van der Waals surface area contributed by atoms with Crippen LogP contribution >= 0.6 is 23.2 Å². The van der Waals surface area contributed by atoms with E-state index < -0.39 is 0 Å². The van der Waals surface area contributed by atoms with Gasteiger partial charge in [0.1, 0.15) is 17.3 Å². The molecule has 4 rings (SSSR count). The topological polar surface area (TPSA) is 55.6 Å². The third-order valence-electron chi connectivity index (χ3n) is 4.55. The Kier molecular flexibility index (Phi) is 5.24. The Morgan fingerprint density at radius 1 is 1.21 bits per heavy atom. The van der Waals surface area contributed by atoms with Gasteiger partial charge in [0.15, 0.2) is 12.4 Å². The second kappa shape index (κ2) is 7.81. The third-order valence-corrected chi connectivity index (χ3v) is 5.08. The Bertz CT molecular complexity index is 1020. The van der Waals surface area contributed by atoms with E-state index in [4.69, 9.17) is 32.5 Å². The summed E-state index contributed by atoms with van der Waals surface area (Å²) in [5, 5.41) is 4.94. The van der Waals surface area contributed by atoms with Crippen LogP contribution in [0.1, 0.15) is 11.3 Å². The van der Waals surface area contributed by atoms with Gasteiger partial charge in [-0.15, -0.1) is 0 Å². The fourth-order valence-electron chi connectivity index (χ4n) is 3.09. The Morgan fingerprint density at radius 3 is 2.75 bits per heavy atom. The molecule has 0 unspecified atom stereocenters. The zero-order valence-electron chi connectivity index (χ0n) is 14.6. The first-order chi connectivity index (χ1) is 13.5. The maximum absolute atomic E-state index is 13.1. The van der Waals surface area contributed by atoms with Crippen LogP contribution in [0.3, 0.4) is 0 Å². The van der Waals surface area contributed by atoms with Crippen molar-refractivity contribution in [2.24, 2.45) is 0 Å². The standard InChI is InChI=1S/C20H15Cl2FN2O3/c21-13-3-6-18(16(22)9-13)27-11-19(26)25-8-7-15-17(10-25)24-28-20(15)12-1-4-14(23)5-2-12/h1-6,9H,7-8,10-11H2. The highest BCUT2D eigenvalue weighted by atomic mass is 35.5. The van der Waals surface area contributed by atoms with Gasteiger partial charge in [-0.3, -0.25) is 4.79 Å². The maximum Gasteiger partial charge on any atom is 0.260 e. The summed E-state index contributed by atoms with van der Waals surface area (Å²) in [6.45, 7) is 0.703. The highest BCUT2D eigenvalue weighted by Gasteiger charge is 2.27. The molecule has 1 aromatic heterocycles. The second-order valence-electron chi connectivity index (χ2n) is 6.37. The zero-order chi connectivity index (χ0) is 19.7. The molecule has 0 aliphatic carbocycles. The molecule has 2 aromatic carbocycles. The van der Waals surface area contributed by atoms with E-state index in [2.05, 4.69) is 5.16 Å². The largest absolute Gasteiger partial charge is 0.482 e. The monoisotopic (exact) mass is 420 g/mol. The van der Waals surface area contributed by atoms with Crippen molar-refractivity contribution < 1.29 is 18.4 Å². The van der Waals surface area contributed by atoms with Crippen LogP contribution in [-0.2, 0) is 17.8 Å². The van der Waals surface area contributed by atoms with Crippen LogP contribution in [-0.4, -0.2) is 29.1 Å². The molecule has 1 aliphatic rings. The number of nitrogens with zero attached hydrogens (tertiary/aromatic N) is 2. The number of amides is 1. The first kappa shape index (κ1) is 18.8. The molecule has 5 nitrogen and oxygen atoms in total. The molecule has 3 aromatic rings. The van der Waals surface area contributed by atoms with Crippen LogP contribution in [0.4, 0.5) is 4.39 Å². The van der Waals surface area contributed by atoms with Gasteiger partial charge in [0.2, 0.25) is 0 Å². The molecular weight excluding hydrogens is 406 g/mol. The molecule has 0 fully saturated rings. The maximum atomic E-state index is 13.1. The van der Waals surface area contributed by atoms with E-state index in [1.165, 1.54) is 12.1 Å². The van der Waals surface area contributed by atoms with E-state index in [0.29, 0.717) is 46.8 Å². The van der Waals surface area contributed by atoms with Crippen LogP contribution in [0.15, 0.2) is 47.0 Å². The van der Waals surface area contributed by atoms with E-state index in [9.17, 15) is 9.18 Å². The minimum Gasteiger partial charge on any atom is -0.482 e. The summed E-state index contributed by atoms with van der Waals surface area (Å²) in [4.78, 5) is 14.2. The van der Waals surface area contributed by atoms with Crippen molar-refractivity contribution in [1.29, 1.82) is 0 Å². The van der Waals surface area contributed by atoms with Gasteiger partial charge in [-0.1, -0.05) is 28.4 Å². The molecule has 0 atom stereocenters. The first-order valence-electron chi connectivity index (χ1n) is 8.60. The molecule has 0 radical (unpaired) electrons. The smallest absolute Gasteiger partial charge is 0.260 e. The quantitative estimate of drug-likeness (QED) is 0.610. The molecular formula is C20H15Cl2FN2O3. The van der Waals surface area contributed by atoms with E-state index in [1.54, 1.807) is 35.2 Å². The Morgan fingerprint density at radius 2 is 2.00 bits per heavy atom. The summed E-state index contributed by atoms with van der Waals surface area (Å²) in [6.07, 6.45) is 0.596. The Labute approximate surface area is 170 Å². The molecule has 1 aliphatic heterocycles. The molecule has 1 amide bonds.